The molecule has 1 aliphatic heterocycles. The molecule has 4 nitrogen and oxygen atoms in total. The molecule has 0 aliphatic carbocycles. The molecule has 0 unspecified atom stereocenters. The van der Waals surface area contributed by atoms with E-state index in [4.69, 9.17) is 9.47 Å². The van der Waals surface area contributed by atoms with Crippen LogP contribution in [0.1, 0.15) is 5.56 Å². The molecule has 0 fully saturated rings. The predicted molar refractivity (Wildman–Crippen MR) is 61.5 cm³/mol. The van der Waals surface area contributed by atoms with Crippen LogP contribution in [0.3, 0.4) is 0 Å². The van der Waals surface area contributed by atoms with E-state index in [1.807, 2.05) is 26.2 Å². The second-order valence-corrected chi connectivity index (χ2v) is 4.17. The van der Waals surface area contributed by atoms with E-state index >= 15 is 0 Å². The number of fused-ring (bicyclic) bond motifs is 1. The quantitative estimate of drug-likeness (QED) is 0.610. The van der Waals surface area contributed by atoms with Gasteiger partial charge in [-0.1, -0.05) is 0 Å². The highest BCUT2D eigenvalue weighted by molar-refractivity contribution is 9.10. The van der Waals surface area contributed by atoms with E-state index in [0.717, 1.165) is 21.5 Å². The fourth-order valence-corrected chi connectivity index (χ4v) is 1.63. The van der Waals surface area contributed by atoms with Crippen molar-refractivity contribution in [2.75, 3.05) is 20.9 Å². The summed E-state index contributed by atoms with van der Waals surface area (Å²) in [6.45, 7) is 0.288. The first-order valence-electron chi connectivity index (χ1n) is 4.47. The van der Waals surface area contributed by atoms with Gasteiger partial charge in [0.25, 0.3) is 0 Å². The molecule has 0 saturated heterocycles. The summed E-state index contributed by atoms with van der Waals surface area (Å²) >= 11 is 3.45. The minimum Gasteiger partial charge on any atom is -0.454 e. The Balaban J connectivity index is 2.32. The standard InChI is InChI=1S/C10H11BrN2O2/c1-13(2)12-5-7-3-9-10(4-8(7)11)15-6-14-9/h3-5H,6H2,1-2H3. The maximum Gasteiger partial charge on any atom is 0.231 e. The van der Waals surface area contributed by atoms with Gasteiger partial charge in [0, 0.05) is 24.1 Å². The van der Waals surface area contributed by atoms with E-state index in [1.54, 1.807) is 11.2 Å². The van der Waals surface area contributed by atoms with Crippen molar-refractivity contribution in [1.82, 2.24) is 5.01 Å². The fraction of sp³-hybridized carbons (Fsp3) is 0.300. The Hall–Kier alpha value is -1.23. The molecule has 0 saturated carbocycles. The van der Waals surface area contributed by atoms with Gasteiger partial charge in [0.2, 0.25) is 6.79 Å². The molecule has 0 radical (unpaired) electrons. The Kier molecular flexibility index (Phi) is 2.81. The second kappa shape index (κ2) is 4.10. The molecule has 0 amide bonds. The van der Waals surface area contributed by atoms with E-state index in [0.29, 0.717) is 0 Å². The van der Waals surface area contributed by atoms with Crippen molar-refractivity contribution < 1.29 is 9.47 Å². The van der Waals surface area contributed by atoms with Crippen molar-refractivity contribution >= 4 is 22.1 Å². The van der Waals surface area contributed by atoms with E-state index in [-0.39, 0.29) is 6.79 Å². The minimum atomic E-state index is 0.288. The first kappa shape index (κ1) is 10.3. The van der Waals surface area contributed by atoms with Gasteiger partial charge in [0.1, 0.15) is 0 Å². The molecule has 80 valence electrons. The molecule has 15 heavy (non-hydrogen) atoms. The zero-order valence-corrected chi connectivity index (χ0v) is 10.1. The largest absolute Gasteiger partial charge is 0.454 e. The second-order valence-electron chi connectivity index (χ2n) is 3.32. The molecule has 1 aliphatic rings. The molecular formula is C10H11BrN2O2. The lowest BCUT2D eigenvalue weighted by molar-refractivity contribution is 0.174. The van der Waals surface area contributed by atoms with Crippen molar-refractivity contribution in [3.63, 3.8) is 0 Å². The highest BCUT2D eigenvalue weighted by Crippen LogP contribution is 2.36. The van der Waals surface area contributed by atoms with Crippen LogP contribution in [0.4, 0.5) is 0 Å². The number of hydrogen-bond acceptors (Lipinski definition) is 4. The lowest BCUT2D eigenvalue weighted by Gasteiger charge is -2.04. The summed E-state index contributed by atoms with van der Waals surface area (Å²) in [5, 5.41) is 5.90. The third-order valence-corrected chi connectivity index (χ3v) is 2.61. The number of rotatable bonds is 2. The topological polar surface area (TPSA) is 34.1 Å². The number of nitrogens with zero attached hydrogens (tertiary/aromatic N) is 2. The van der Waals surface area contributed by atoms with Gasteiger partial charge < -0.3 is 14.5 Å². The number of ether oxygens (including phenoxy) is 2. The normalized spacial score (nSPS) is 13.5. The van der Waals surface area contributed by atoms with Crippen molar-refractivity contribution in [2.45, 2.75) is 0 Å². The van der Waals surface area contributed by atoms with Crippen LogP contribution in [-0.4, -0.2) is 32.1 Å². The first-order chi connectivity index (χ1) is 7.16. The van der Waals surface area contributed by atoms with E-state index in [9.17, 15) is 0 Å². The van der Waals surface area contributed by atoms with Crippen LogP contribution in [0.15, 0.2) is 21.7 Å². The minimum absolute atomic E-state index is 0.288. The molecule has 0 aromatic heterocycles. The molecule has 0 bridgehead atoms. The lowest BCUT2D eigenvalue weighted by atomic mass is 10.2. The predicted octanol–water partition coefficient (Wildman–Crippen LogP) is 2.07. The summed E-state index contributed by atoms with van der Waals surface area (Å²) in [6.07, 6.45) is 1.77. The van der Waals surface area contributed by atoms with Gasteiger partial charge in [-0.15, -0.1) is 0 Å². The number of hydrazone groups is 1. The van der Waals surface area contributed by atoms with Gasteiger partial charge in [-0.2, -0.15) is 5.10 Å². The van der Waals surface area contributed by atoms with Crippen molar-refractivity contribution in [3.8, 4) is 11.5 Å². The number of halogens is 1. The smallest absolute Gasteiger partial charge is 0.231 e. The first-order valence-corrected chi connectivity index (χ1v) is 5.26. The van der Waals surface area contributed by atoms with Gasteiger partial charge in [0.05, 0.1) is 6.21 Å². The summed E-state index contributed by atoms with van der Waals surface area (Å²) in [6, 6.07) is 3.79. The molecule has 0 atom stereocenters. The Bertz CT molecular complexity index is 405. The van der Waals surface area contributed by atoms with Gasteiger partial charge in [-0.05, 0) is 28.1 Å². The average molecular weight is 271 g/mol. The number of benzene rings is 1. The Labute approximate surface area is 96.6 Å². The van der Waals surface area contributed by atoms with Gasteiger partial charge in [-0.25, -0.2) is 0 Å². The van der Waals surface area contributed by atoms with E-state index in [1.165, 1.54) is 0 Å². The summed E-state index contributed by atoms with van der Waals surface area (Å²) in [4.78, 5) is 0. The van der Waals surface area contributed by atoms with Crippen molar-refractivity contribution in [1.29, 1.82) is 0 Å². The molecule has 1 heterocycles. The molecule has 1 aromatic carbocycles. The molecule has 2 rings (SSSR count). The maximum absolute atomic E-state index is 5.28. The highest BCUT2D eigenvalue weighted by atomic mass is 79.9. The Morgan fingerprint density at radius 1 is 1.33 bits per heavy atom. The van der Waals surface area contributed by atoms with Crippen LogP contribution in [0.5, 0.6) is 11.5 Å². The zero-order chi connectivity index (χ0) is 10.8. The monoisotopic (exact) mass is 270 g/mol. The van der Waals surface area contributed by atoms with Crippen molar-refractivity contribution in [3.05, 3.63) is 22.2 Å². The Morgan fingerprint density at radius 3 is 2.67 bits per heavy atom. The van der Waals surface area contributed by atoms with Gasteiger partial charge in [-0.3, -0.25) is 0 Å². The summed E-state index contributed by atoms with van der Waals surface area (Å²) in [5.41, 5.74) is 0.966. The van der Waals surface area contributed by atoms with Crippen LogP contribution in [0.2, 0.25) is 0 Å². The maximum atomic E-state index is 5.28. The van der Waals surface area contributed by atoms with Crippen LogP contribution < -0.4 is 9.47 Å². The SMILES string of the molecule is CN(C)N=Cc1cc2c(cc1Br)OCO2. The molecule has 0 N–H and O–H groups in total. The summed E-state index contributed by atoms with van der Waals surface area (Å²) in [7, 11) is 3.74. The summed E-state index contributed by atoms with van der Waals surface area (Å²) < 4.78 is 11.5. The molecule has 0 spiro atoms. The average Bonchev–Trinajstić information content (AvgIpc) is 2.60. The Morgan fingerprint density at radius 2 is 2.00 bits per heavy atom. The van der Waals surface area contributed by atoms with E-state index < -0.39 is 0 Å². The van der Waals surface area contributed by atoms with Crippen LogP contribution >= 0.6 is 15.9 Å². The van der Waals surface area contributed by atoms with Crippen LogP contribution in [0.25, 0.3) is 0 Å². The third-order valence-electron chi connectivity index (χ3n) is 1.92. The molecular weight excluding hydrogens is 260 g/mol. The lowest BCUT2D eigenvalue weighted by Crippen LogP contribution is -2.02. The number of hydrogen-bond donors (Lipinski definition) is 0. The van der Waals surface area contributed by atoms with Gasteiger partial charge in [0.15, 0.2) is 11.5 Å². The van der Waals surface area contributed by atoms with E-state index in [2.05, 4.69) is 21.0 Å². The molecule has 1 aromatic rings. The molecule has 5 heteroatoms. The zero-order valence-electron chi connectivity index (χ0n) is 8.53. The third kappa shape index (κ3) is 2.23. The fourth-order valence-electron chi connectivity index (χ4n) is 1.21. The van der Waals surface area contributed by atoms with Crippen LogP contribution in [-0.2, 0) is 0 Å². The van der Waals surface area contributed by atoms with Crippen molar-refractivity contribution in [2.24, 2.45) is 5.10 Å². The summed E-state index contributed by atoms with van der Waals surface area (Å²) in [5.74, 6) is 1.53. The van der Waals surface area contributed by atoms with Crippen LogP contribution in [0, 0.1) is 0 Å². The highest BCUT2D eigenvalue weighted by Gasteiger charge is 2.15. The van der Waals surface area contributed by atoms with Gasteiger partial charge >= 0.3 is 0 Å².